The molecule has 0 saturated carbocycles. The molecule has 2 aromatic rings. The molecule has 0 aliphatic carbocycles. The lowest BCUT2D eigenvalue weighted by molar-refractivity contribution is -0.137. The van der Waals surface area contributed by atoms with Crippen LogP contribution >= 0.6 is 0 Å². The number of halogens is 4. The fourth-order valence-electron chi connectivity index (χ4n) is 2.99. The van der Waals surface area contributed by atoms with Gasteiger partial charge in [0.2, 0.25) is 0 Å². The molecule has 1 amide bonds. The van der Waals surface area contributed by atoms with E-state index in [2.05, 4.69) is 20.8 Å². The van der Waals surface area contributed by atoms with Gasteiger partial charge in [0.05, 0.1) is 5.56 Å². The Bertz CT molecular complexity index is 835. The van der Waals surface area contributed by atoms with E-state index in [1.165, 1.54) is 4.90 Å². The average molecular weight is 409 g/mol. The minimum absolute atomic E-state index is 0.00813. The van der Waals surface area contributed by atoms with Crippen molar-refractivity contribution >= 4 is 5.91 Å². The second-order valence-corrected chi connectivity index (χ2v) is 8.25. The first-order valence-corrected chi connectivity index (χ1v) is 9.68. The van der Waals surface area contributed by atoms with Gasteiger partial charge in [-0.2, -0.15) is 13.2 Å². The van der Waals surface area contributed by atoms with Crippen molar-refractivity contribution in [2.45, 2.75) is 58.7 Å². The molecule has 2 rings (SSSR count). The fraction of sp³-hybridized carbons (Fsp3) is 0.435. The van der Waals surface area contributed by atoms with E-state index in [4.69, 9.17) is 0 Å². The van der Waals surface area contributed by atoms with Gasteiger partial charge in [-0.15, -0.1) is 0 Å². The predicted octanol–water partition coefficient (Wildman–Crippen LogP) is 6.58. The number of nitrogens with zero attached hydrogens (tertiary/aromatic N) is 1. The first-order chi connectivity index (χ1) is 13.4. The van der Waals surface area contributed by atoms with Crippen molar-refractivity contribution < 1.29 is 22.4 Å². The minimum atomic E-state index is -4.71. The number of hydrogen-bond donors (Lipinski definition) is 0. The molecule has 0 N–H and O–H groups in total. The topological polar surface area (TPSA) is 20.3 Å². The van der Waals surface area contributed by atoms with Crippen LogP contribution in [0.2, 0.25) is 0 Å². The lowest BCUT2D eigenvalue weighted by Crippen LogP contribution is -2.32. The molecule has 0 radical (unpaired) electrons. The van der Waals surface area contributed by atoms with Crippen molar-refractivity contribution in [3.05, 3.63) is 70.5 Å². The third-order valence-electron chi connectivity index (χ3n) is 4.73. The van der Waals surface area contributed by atoms with Crippen LogP contribution in [0.15, 0.2) is 42.5 Å². The zero-order valence-electron chi connectivity index (χ0n) is 17.2. The summed E-state index contributed by atoms with van der Waals surface area (Å²) in [6, 6.07) is 9.78. The Kier molecular flexibility index (Phi) is 7.09. The number of alkyl halides is 3. The second-order valence-electron chi connectivity index (χ2n) is 8.25. The van der Waals surface area contributed by atoms with Crippen LogP contribution in [0.4, 0.5) is 17.6 Å². The molecule has 0 unspecified atom stereocenters. The molecule has 0 fully saturated rings. The maximum absolute atomic E-state index is 13.7. The first-order valence-electron chi connectivity index (χ1n) is 9.68. The molecule has 0 spiro atoms. The summed E-state index contributed by atoms with van der Waals surface area (Å²) in [5.74, 6) is -1.68. The normalized spacial score (nSPS) is 12.1. The molecule has 2 aromatic carbocycles. The third kappa shape index (κ3) is 6.31. The highest BCUT2D eigenvalue weighted by atomic mass is 19.4. The SMILES string of the molecule is CCCCN(Cc1ccc(C(C)(C)C)cc1)C(=O)c1cc(F)cc(C(F)(F)F)c1. The number of amides is 1. The molecule has 0 bridgehead atoms. The molecule has 0 aliphatic heterocycles. The summed E-state index contributed by atoms with van der Waals surface area (Å²) >= 11 is 0. The van der Waals surface area contributed by atoms with Crippen LogP contribution in [0.1, 0.15) is 67.6 Å². The van der Waals surface area contributed by atoms with E-state index in [-0.39, 0.29) is 17.5 Å². The van der Waals surface area contributed by atoms with Crippen molar-refractivity contribution in [3.63, 3.8) is 0 Å². The first kappa shape index (κ1) is 22.9. The van der Waals surface area contributed by atoms with E-state index in [1.54, 1.807) is 0 Å². The number of benzene rings is 2. The van der Waals surface area contributed by atoms with Crippen LogP contribution in [-0.2, 0) is 18.1 Å². The van der Waals surface area contributed by atoms with Crippen LogP contribution in [0.25, 0.3) is 0 Å². The quantitative estimate of drug-likeness (QED) is 0.493. The van der Waals surface area contributed by atoms with E-state index in [0.29, 0.717) is 25.1 Å². The molecule has 0 heterocycles. The van der Waals surface area contributed by atoms with Gasteiger partial charge in [0, 0.05) is 18.7 Å². The van der Waals surface area contributed by atoms with Gasteiger partial charge >= 0.3 is 6.18 Å². The minimum Gasteiger partial charge on any atom is -0.334 e. The lowest BCUT2D eigenvalue weighted by Gasteiger charge is -2.24. The Labute approximate surface area is 169 Å². The van der Waals surface area contributed by atoms with Crippen LogP contribution in [0.5, 0.6) is 0 Å². The van der Waals surface area contributed by atoms with Crippen LogP contribution in [0.3, 0.4) is 0 Å². The van der Waals surface area contributed by atoms with Crippen molar-refractivity contribution in [1.29, 1.82) is 0 Å². The fourth-order valence-corrected chi connectivity index (χ4v) is 2.99. The van der Waals surface area contributed by atoms with Crippen molar-refractivity contribution in [3.8, 4) is 0 Å². The molecule has 0 aromatic heterocycles. The van der Waals surface area contributed by atoms with Gasteiger partial charge in [0.1, 0.15) is 5.82 Å². The molecular formula is C23H27F4NO. The van der Waals surface area contributed by atoms with Crippen LogP contribution in [-0.4, -0.2) is 17.4 Å². The summed E-state index contributed by atoms with van der Waals surface area (Å²) in [7, 11) is 0. The molecule has 158 valence electrons. The second kappa shape index (κ2) is 8.97. The molecule has 0 atom stereocenters. The van der Waals surface area contributed by atoms with Gasteiger partial charge in [-0.05, 0) is 41.2 Å². The standard InChI is InChI=1S/C23H27F4NO/c1-5-6-11-28(15-16-7-9-18(10-8-16)22(2,3)4)21(29)17-12-19(23(25,26)27)14-20(24)13-17/h7-10,12-14H,5-6,11,15H2,1-4H3. The number of carbonyl (C=O) groups excluding carboxylic acids is 1. The predicted molar refractivity (Wildman–Crippen MR) is 106 cm³/mol. The Morgan fingerprint density at radius 2 is 1.59 bits per heavy atom. The Balaban J connectivity index is 2.30. The van der Waals surface area contributed by atoms with Crippen molar-refractivity contribution in [2.24, 2.45) is 0 Å². The highest BCUT2D eigenvalue weighted by molar-refractivity contribution is 5.94. The molecule has 2 nitrogen and oxygen atoms in total. The van der Waals surface area contributed by atoms with Gasteiger partial charge in [-0.3, -0.25) is 4.79 Å². The van der Waals surface area contributed by atoms with Gasteiger partial charge in [-0.25, -0.2) is 4.39 Å². The van der Waals surface area contributed by atoms with Crippen molar-refractivity contribution in [2.75, 3.05) is 6.54 Å². The highest BCUT2D eigenvalue weighted by Gasteiger charge is 2.32. The summed E-state index contributed by atoms with van der Waals surface area (Å²) in [6.45, 7) is 8.89. The van der Waals surface area contributed by atoms with E-state index in [9.17, 15) is 22.4 Å². The monoisotopic (exact) mass is 409 g/mol. The maximum atomic E-state index is 13.7. The number of rotatable bonds is 6. The van der Waals surface area contributed by atoms with Gasteiger partial charge in [-0.1, -0.05) is 58.4 Å². The number of hydrogen-bond acceptors (Lipinski definition) is 1. The Morgan fingerprint density at radius 3 is 2.10 bits per heavy atom. The van der Waals surface area contributed by atoms with Crippen molar-refractivity contribution in [1.82, 2.24) is 4.90 Å². The maximum Gasteiger partial charge on any atom is 0.416 e. The third-order valence-corrected chi connectivity index (χ3v) is 4.73. The smallest absolute Gasteiger partial charge is 0.334 e. The van der Waals surface area contributed by atoms with Crippen LogP contribution in [0, 0.1) is 5.82 Å². The van der Waals surface area contributed by atoms with E-state index < -0.39 is 23.5 Å². The van der Waals surface area contributed by atoms with E-state index in [1.807, 2.05) is 31.2 Å². The Hall–Kier alpha value is -2.37. The van der Waals surface area contributed by atoms with E-state index >= 15 is 0 Å². The zero-order chi connectivity index (χ0) is 21.8. The molecule has 29 heavy (non-hydrogen) atoms. The summed E-state index contributed by atoms with van der Waals surface area (Å²) in [6.07, 6.45) is -3.19. The highest BCUT2D eigenvalue weighted by Crippen LogP contribution is 2.31. The molecule has 6 heteroatoms. The summed E-state index contributed by atoms with van der Waals surface area (Å²) in [5.41, 5.74) is 0.555. The lowest BCUT2D eigenvalue weighted by atomic mass is 9.87. The van der Waals surface area contributed by atoms with Gasteiger partial charge in [0.15, 0.2) is 0 Å². The van der Waals surface area contributed by atoms with Gasteiger partial charge in [0.25, 0.3) is 5.91 Å². The summed E-state index contributed by atoms with van der Waals surface area (Å²) < 4.78 is 52.8. The zero-order valence-corrected chi connectivity index (χ0v) is 17.2. The number of unbranched alkanes of at least 4 members (excludes halogenated alkanes) is 1. The largest absolute Gasteiger partial charge is 0.416 e. The number of carbonyl (C=O) groups is 1. The van der Waals surface area contributed by atoms with Crippen LogP contribution < -0.4 is 0 Å². The Morgan fingerprint density at radius 1 is 0.966 bits per heavy atom. The van der Waals surface area contributed by atoms with Gasteiger partial charge < -0.3 is 4.90 Å². The molecule has 0 saturated heterocycles. The van der Waals surface area contributed by atoms with E-state index in [0.717, 1.165) is 23.6 Å². The summed E-state index contributed by atoms with van der Waals surface area (Å²) in [5, 5.41) is 0. The summed E-state index contributed by atoms with van der Waals surface area (Å²) in [4.78, 5) is 14.4. The molecule has 0 aliphatic rings. The average Bonchev–Trinajstić information content (AvgIpc) is 2.63. The molecular weight excluding hydrogens is 382 g/mol.